The summed E-state index contributed by atoms with van der Waals surface area (Å²) in [6, 6.07) is 38.3. The Hall–Kier alpha value is -3.86. The van der Waals surface area contributed by atoms with Gasteiger partial charge in [0.2, 0.25) is 0 Å². The van der Waals surface area contributed by atoms with E-state index in [2.05, 4.69) is 47.8 Å². The third-order valence-corrected chi connectivity index (χ3v) is 5.70. The molecule has 5 rings (SSSR count). The summed E-state index contributed by atoms with van der Waals surface area (Å²) in [5.74, 6) is 0. The van der Waals surface area contributed by atoms with Crippen molar-refractivity contribution in [1.29, 1.82) is 0 Å². The molecule has 0 amide bonds. The third kappa shape index (κ3) is 3.90. The molecule has 0 saturated carbocycles. The van der Waals surface area contributed by atoms with Gasteiger partial charge in [-0.1, -0.05) is 97.1 Å². The lowest BCUT2D eigenvalue weighted by Crippen LogP contribution is -2.31. The topological polar surface area (TPSA) is 52.5 Å². The molecule has 3 nitrogen and oxygen atoms in total. The lowest BCUT2D eigenvalue weighted by Gasteiger charge is -2.16. The minimum absolute atomic E-state index is 0.462. The maximum atomic E-state index is 10.0. The number of benzene rings is 5. The lowest BCUT2D eigenvalue weighted by molar-refractivity contribution is 0.426. The Kier molecular flexibility index (Phi) is 5.47. The highest BCUT2D eigenvalue weighted by Gasteiger charge is 2.18. The van der Waals surface area contributed by atoms with Gasteiger partial charge in [0.05, 0.1) is 0 Å². The fourth-order valence-electron chi connectivity index (χ4n) is 4.18. The molecule has 0 aliphatic carbocycles. The second kappa shape index (κ2) is 8.71. The summed E-state index contributed by atoms with van der Waals surface area (Å²) in [4.78, 5) is 0. The van der Waals surface area contributed by atoms with Gasteiger partial charge >= 0.3 is 7.12 Å². The van der Waals surface area contributed by atoms with Gasteiger partial charge in [-0.2, -0.15) is 0 Å². The van der Waals surface area contributed by atoms with E-state index in [-0.39, 0.29) is 0 Å². The molecule has 154 valence electrons. The van der Waals surface area contributed by atoms with Gasteiger partial charge in [-0.3, -0.25) is 0 Å². The minimum atomic E-state index is -1.57. The van der Waals surface area contributed by atoms with Crippen LogP contribution in [0.1, 0.15) is 0 Å². The predicted molar refractivity (Wildman–Crippen MR) is 134 cm³/mol. The molecule has 4 heteroatoms. The molecule has 0 atom stereocenters. The Balaban J connectivity index is 1.57. The van der Waals surface area contributed by atoms with Crippen LogP contribution in [0.4, 0.5) is 11.4 Å². The number of hydrogen-bond donors (Lipinski definition) is 3. The van der Waals surface area contributed by atoms with E-state index in [1.807, 2.05) is 66.7 Å². The molecule has 0 aliphatic rings. The largest absolute Gasteiger partial charge is 0.489 e. The van der Waals surface area contributed by atoms with Crippen LogP contribution in [-0.4, -0.2) is 17.2 Å². The summed E-state index contributed by atoms with van der Waals surface area (Å²) in [6.07, 6.45) is 0. The highest BCUT2D eigenvalue weighted by atomic mass is 16.4. The summed E-state index contributed by atoms with van der Waals surface area (Å²) in [5.41, 5.74) is 6.18. The number of para-hydroxylation sites is 1. The number of hydrogen-bond acceptors (Lipinski definition) is 3. The van der Waals surface area contributed by atoms with Gasteiger partial charge in [0.25, 0.3) is 0 Å². The van der Waals surface area contributed by atoms with E-state index in [1.165, 1.54) is 10.8 Å². The van der Waals surface area contributed by atoms with Gasteiger partial charge in [0, 0.05) is 16.9 Å². The van der Waals surface area contributed by atoms with Crippen molar-refractivity contribution in [2.45, 2.75) is 0 Å². The molecule has 0 radical (unpaired) electrons. The van der Waals surface area contributed by atoms with Crippen molar-refractivity contribution < 1.29 is 10.0 Å². The first-order valence-electron chi connectivity index (χ1n) is 10.6. The lowest BCUT2D eigenvalue weighted by atomic mass is 9.75. The summed E-state index contributed by atoms with van der Waals surface area (Å²) in [7, 11) is -1.57. The van der Waals surface area contributed by atoms with Crippen LogP contribution >= 0.6 is 0 Å². The molecule has 0 heterocycles. The first-order valence-corrected chi connectivity index (χ1v) is 10.6. The van der Waals surface area contributed by atoms with Crippen molar-refractivity contribution in [1.82, 2.24) is 0 Å². The van der Waals surface area contributed by atoms with Crippen molar-refractivity contribution in [3.05, 3.63) is 115 Å². The highest BCUT2D eigenvalue weighted by Crippen LogP contribution is 2.35. The van der Waals surface area contributed by atoms with Gasteiger partial charge in [-0.15, -0.1) is 0 Å². The summed E-state index contributed by atoms with van der Waals surface area (Å²) in [6.45, 7) is 0. The number of anilines is 2. The van der Waals surface area contributed by atoms with Crippen LogP contribution in [0.5, 0.6) is 0 Å². The van der Waals surface area contributed by atoms with Crippen LogP contribution in [0.3, 0.4) is 0 Å². The molecule has 32 heavy (non-hydrogen) atoms. The number of nitrogens with one attached hydrogen (secondary N) is 1. The molecular weight excluding hydrogens is 393 g/mol. The maximum Gasteiger partial charge on any atom is 0.489 e. The van der Waals surface area contributed by atoms with Gasteiger partial charge < -0.3 is 15.4 Å². The molecule has 0 spiro atoms. The van der Waals surface area contributed by atoms with Crippen molar-refractivity contribution in [2.75, 3.05) is 5.32 Å². The van der Waals surface area contributed by atoms with E-state index in [1.54, 1.807) is 6.07 Å². The standard InChI is InChI=1S/C28H22BNO2/c31-29(32)27-19-22(17-18-24(27)21-9-2-1-3-10-21)30-28-16-7-6-14-26(28)25-15-8-12-20-11-4-5-13-23(20)25/h1-19,30-32H. The zero-order valence-corrected chi connectivity index (χ0v) is 17.4. The SMILES string of the molecule is OB(O)c1cc(Nc2ccccc2-c2cccc3ccccc23)ccc1-c1ccccc1. The molecule has 0 bridgehead atoms. The van der Waals surface area contributed by atoms with Crippen LogP contribution in [0.25, 0.3) is 33.0 Å². The van der Waals surface area contributed by atoms with Crippen LogP contribution < -0.4 is 10.8 Å². The molecule has 0 saturated heterocycles. The third-order valence-electron chi connectivity index (χ3n) is 5.70. The van der Waals surface area contributed by atoms with Gasteiger partial charge in [-0.25, -0.2) is 0 Å². The Labute approximate surface area is 187 Å². The number of fused-ring (bicyclic) bond motifs is 1. The van der Waals surface area contributed by atoms with E-state index >= 15 is 0 Å². The van der Waals surface area contributed by atoms with Crippen LogP contribution in [0.15, 0.2) is 115 Å². The summed E-state index contributed by atoms with van der Waals surface area (Å²) < 4.78 is 0. The Morgan fingerprint density at radius 2 is 1.25 bits per heavy atom. The fraction of sp³-hybridized carbons (Fsp3) is 0. The van der Waals surface area contributed by atoms with Gasteiger partial charge in [-0.05, 0) is 51.1 Å². The Bertz CT molecular complexity index is 1380. The van der Waals surface area contributed by atoms with Crippen LogP contribution in [0.2, 0.25) is 0 Å². The molecule has 0 aliphatic heterocycles. The fourth-order valence-corrected chi connectivity index (χ4v) is 4.18. The first kappa shape index (κ1) is 20.1. The van der Waals surface area contributed by atoms with Crippen molar-refractivity contribution in [3.63, 3.8) is 0 Å². The van der Waals surface area contributed by atoms with Gasteiger partial charge in [0.15, 0.2) is 0 Å². The summed E-state index contributed by atoms with van der Waals surface area (Å²) in [5, 5.41) is 25.9. The normalized spacial score (nSPS) is 10.8. The van der Waals surface area contributed by atoms with E-state index < -0.39 is 7.12 Å². The Morgan fingerprint density at radius 3 is 2.09 bits per heavy atom. The molecule has 3 N–H and O–H groups in total. The zero-order chi connectivity index (χ0) is 21.9. The molecule has 0 fully saturated rings. The average molecular weight is 415 g/mol. The molecule has 0 unspecified atom stereocenters. The molecule has 5 aromatic carbocycles. The second-order valence-electron chi connectivity index (χ2n) is 7.74. The number of rotatable bonds is 5. The van der Waals surface area contributed by atoms with Crippen molar-refractivity contribution in [2.24, 2.45) is 0 Å². The average Bonchev–Trinajstić information content (AvgIpc) is 2.84. The smallest absolute Gasteiger partial charge is 0.423 e. The molecule has 5 aromatic rings. The van der Waals surface area contributed by atoms with E-state index in [4.69, 9.17) is 0 Å². The van der Waals surface area contributed by atoms with Crippen LogP contribution in [-0.2, 0) is 0 Å². The van der Waals surface area contributed by atoms with E-state index in [9.17, 15) is 10.0 Å². The monoisotopic (exact) mass is 415 g/mol. The van der Waals surface area contributed by atoms with E-state index in [0.29, 0.717) is 5.46 Å². The quantitative estimate of drug-likeness (QED) is 0.328. The summed E-state index contributed by atoms with van der Waals surface area (Å²) >= 11 is 0. The predicted octanol–water partition coefficient (Wildman–Crippen LogP) is 5.60. The van der Waals surface area contributed by atoms with E-state index in [0.717, 1.165) is 33.6 Å². The zero-order valence-electron chi connectivity index (χ0n) is 17.4. The minimum Gasteiger partial charge on any atom is -0.423 e. The van der Waals surface area contributed by atoms with Crippen LogP contribution in [0, 0.1) is 0 Å². The van der Waals surface area contributed by atoms with Gasteiger partial charge in [0.1, 0.15) is 0 Å². The molecular formula is C28H22BNO2. The van der Waals surface area contributed by atoms with Crippen molar-refractivity contribution >= 4 is 34.7 Å². The molecule has 0 aromatic heterocycles. The maximum absolute atomic E-state index is 10.0. The second-order valence-corrected chi connectivity index (χ2v) is 7.74. The van der Waals surface area contributed by atoms with Crippen molar-refractivity contribution in [3.8, 4) is 22.3 Å². The highest BCUT2D eigenvalue weighted by molar-refractivity contribution is 6.60. The Morgan fingerprint density at radius 1 is 0.562 bits per heavy atom. The first-order chi connectivity index (χ1) is 15.7.